The lowest BCUT2D eigenvalue weighted by molar-refractivity contribution is 0.438. The highest BCUT2D eigenvalue weighted by Crippen LogP contribution is 2.33. The van der Waals surface area contributed by atoms with Crippen LogP contribution < -0.4 is 0 Å². The third-order valence-electron chi connectivity index (χ3n) is 3.02. The number of phenols is 3. The van der Waals surface area contributed by atoms with E-state index in [4.69, 9.17) is 0 Å². The molecule has 0 atom stereocenters. The van der Waals surface area contributed by atoms with Gasteiger partial charge in [-0.25, -0.2) is 0 Å². The van der Waals surface area contributed by atoms with Gasteiger partial charge in [-0.3, -0.25) is 0 Å². The van der Waals surface area contributed by atoms with Gasteiger partial charge in [-0.2, -0.15) is 0 Å². The minimum Gasteiger partial charge on any atom is -0.508 e. The second kappa shape index (κ2) is 4.61. The zero-order valence-electron chi connectivity index (χ0n) is 10.4. The molecule has 0 saturated carbocycles. The van der Waals surface area contributed by atoms with E-state index in [2.05, 4.69) is 0 Å². The van der Waals surface area contributed by atoms with Crippen LogP contribution in [0.15, 0.2) is 30.3 Å². The topological polar surface area (TPSA) is 60.7 Å². The van der Waals surface area contributed by atoms with Crippen LogP contribution in [0.1, 0.15) is 22.3 Å². The molecule has 0 saturated heterocycles. The zero-order valence-corrected chi connectivity index (χ0v) is 10.4. The summed E-state index contributed by atoms with van der Waals surface area (Å²) in [5.41, 5.74) is 2.96. The van der Waals surface area contributed by atoms with Crippen molar-refractivity contribution in [2.24, 2.45) is 0 Å². The molecule has 2 aromatic carbocycles. The number of benzene rings is 2. The van der Waals surface area contributed by atoms with Gasteiger partial charge in [0.2, 0.25) is 0 Å². The molecule has 0 unspecified atom stereocenters. The summed E-state index contributed by atoms with van der Waals surface area (Å²) in [5.74, 6) is 0.283. The molecule has 18 heavy (non-hydrogen) atoms. The summed E-state index contributed by atoms with van der Waals surface area (Å²) in [5, 5.41) is 29.5. The van der Waals surface area contributed by atoms with Crippen LogP contribution in [0.5, 0.6) is 17.2 Å². The first-order valence-electron chi connectivity index (χ1n) is 5.78. The number of hydrogen-bond donors (Lipinski definition) is 3. The molecule has 3 heteroatoms. The summed E-state index contributed by atoms with van der Waals surface area (Å²) in [6, 6.07) is 8.37. The standard InChI is InChI=1S/C15H16O3/c1-9-6-10(2)15(18)11(7-9)8-12-13(16)4-3-5-14(12)17/h3-7,16-18H,8H2,1-2H3. The molecule has 2 aromatic rings. The summed E-state index contributed by atoms with van der Waals surface area (Å²) < 4.78 is 0. The Bertz CT molecular complexity index is 568. The molecule has 0 aliphatic carbocycles. The number of phenolic OH excluding ortho intramolecular Hbond substituents is 3. The predicted octanol–water partition coefficient (Wildman–Crippen LogP) is 3.01. The molecule has 0 spiro atoms. The fourth-order valence-electron chi connectivity index (χ4n) is 2.12. The molecule has 3 nitrogen and oxygen atoms in total. The molecule has 0 amide bonds. The zero-order chi connectivity index (χ0) is 13.3. The highest BCUT2D eigenvalue weighted by molar-refractivity contribution is 5.50. The Labute approximate surface area is 106 Å². The molecule has 0 radical (unpaired) electrons. The average molecular weight is 244 g/mol. The van der Waals surface area contributed by atoms with Gasteiger partial charge < -0.3 is 15.3 Å². The van der Waals surface area contributed by atoms with E-state index in [1.165, 1.54) is 12.1 Å². The lowest BCUT2D eigenvalue weighted by atomic mass is 9.98. The molecule has 0 bridgehead atoms. The molecule has 0 aliphatic rings. The second-order valence-corrected chi connectivity index (χ2v) is 4.54. The number of aryl methyl sites for hydroxylation is 2. The summed E-state index contributed by atoms with van der Waals surface area (Å²) in [6.45, 7) is 3.77. The fraction of sp³-hybridized carbons (Fsp3) is 0.200. The number of hydrogen-bond acceptors (Lipinski definition) is 3. The minimum absolute atomic E-state index is 0.0357. The predicted molar refractivity (Wildman–Crippen MR) is 70.2 cm³/mol. The van der Waals surface area contributed by atoms with Gasteiger partial charge in [0, 0.05) is 12.0 Å². The molecule has 2 rings (SSSR count). The smallest absolute Gasteiger partial charge is 0.122 e. The van der Waals surface area contributed by atoms with Crippen molar-refractivity contribution in [2.45, 2.75) is 20.3 Å². The van der Waals surface area contributed by atoms with Crippen molar-refractivity contribution in [3.63, 3.8) is 0 Å². The Morgan fingerprint density at radius 2 is 1.56 bits per heavy atom. The Morgan fingerprint density at radius 3 is 2.17 bits per heavy atom. The van der Waals surface area contributed by atoms with E-state index in [1.54, 1.807) is 6.07 Å². The van der Waals surface area contributed by atoms with E-state index >= 15 is 0 Å². The molecular formula is C15H16O3. The maximum atomic E-state index is 10.0. The quantitative estimate of drug-likeness (QED) is 0.761. The maximum Gasteiger partial charge on any atom is 0.122 e. The SMILES string of the molecule is Cc1cc(C)c(O)c(Cc2c(O)cccc2O)c1. The van der Waals surface area contributed by atoms with Crippen LogP contribution >= 0.6 is 0 Å². The summed E-state index contributed by atoms with van der Waals surface area (Å²) >= 11 is 0. The first-order chi connectivity index (χ1) is 8.49. The van der Waals surface area contributed by atoms with E-state index in [0.717, 1.165) is 11.1 Å². The highest BCUT2D eigenvalue weighted by atomic mass is 16.3. The van der Waals surface area contributed by atoms with Crippen LogP contribution in [0, 0.1) is 13.8 Å². The van der Waals surface area contributed by atoms with E-state index in [0.29, 0.717) is 17.5 Å². The first-order valence-corrected chi connectivity index (χ1v) is 5.78. The minimum atomic E-state index is 0.0357. The summed E-state index contributed by atoms with van der Waals surface area (Å²) in [7, 11) is 0. The van der Waals surface area contributed by atoms with Crippen LogP contribution in [0.4, 0.5) is 0 Å². The van der Waals surface area contributed by atoms with Crippen molar-refractivity contribution in [2.75, 3.05) is 0 Å². The third-order valence-corrected chi connectivity index (χ3v) is 3.02. The van der Waals surface area contributed by atoms with Gasteiger partial charge in [0.15, 0.2) is 0 Å². The van der Waals surface area contributed by atoms with Gasteiger partial charge in [-0.05, 0) is 37.1 Å². The molecule has 0 aromatic heterocycles. The highest BCUT2D eigenvalue weighted by Gasteiger charge is 2.12. The lowest BCUT2D eigenvalue weighted by Gasteiger charge is -2.11. The molecular weight excluding hydrogens is 228 g/mol. The van der Waals surface area contributed by atoms with Crippen molar-refractivity contribution >= 4 is 0 Å². The summed E-state index contributed by atoms with van der Waals surface area (Å²) in [4.78, 5) is 0. The van der Waals surface area contributed by atoms with Gasteiger partial charge >= 0.3 is 0 Å². The van der Waals surface area contributed by atoms with Crippen LogP contribution in [-0.4, -0.2) is 15.3 Å². The van der Waals surface area contributed by atoms with Gasteiger partial charge in [0.25, 0.3) is 0 Å². The molecule has 0 heterocycles. The van der Waals surface area contributed by atoms with Crippen LogP contribution in [0.2, 0.25) is 0 Å². The van der Waals surface area contributed by atoms with Crippen molar-refractivity contribution in [3.05, 3.63) is 52.6 Å². The monoisotopic (exact) mass is 244 g/mol. The van der Waals surface area contributed by atoms with Crippen molar-refractivity contribution in [1.82, 2.24) is 0 Å². The number of rotatable bonds is 2. The Morgan fingerprint density at radius 1 is 0.944 bits per heavy atom. The van der Waals surface area contributed by atoms with E-state index in [9.17, 15) is 15.3 Å². The van der Waals surface area contributed by atoms with E-state index in [1.807, 2.05) is 26.0 Å². The van der Waals surface area contributed by atoms with Crippen LogP contribution in [0.3, 0.4) is 0 Å². The van der Waals surface area contributed by atoms with Gasteiger partial charge in [0.05, 0.1) is 0 Å². The van der Waals surface area contributed by atoms with Crippen LogP contribution in [0.25, 0.3) is 0 Å². The van der Waals surface area contributed by atoms with Crippen molar-refractivity contribution < 1.29 is 15.3 Å². The molecule has 94 valence electrons. The Balaban J connectivity index is 2.46. The second-order valence-electron chi connectivity index (χ2n) is 4.54. The molecule has 0 aliphatic heterocycles. The Kier molecular flexibility index (Phi) is 3.15. The Hall–Kier alpha value is -2.16. The average Bonchev–Trinajstić information content (AvgIpc) is 2.30. The third kappa shape index (κ3) is 2.25. The fourth-order valence-corrected chi connectivity index (χ4v) is 2.12. The summed E-state index contributed by atoms with van der Waals surface area (Å²) in [6.07, 6.45) is 0.298. The van der Waals surface area contributed by atoms with Crippen LogP contribution in [-0.2, 0) is 6.42 Å². The normalized spacial score (nSPS) is 10.6. The van der Waals surface area contributed by atoms with Gasteiger partial charge in [0.1, 0.15) is 17.2 Å². The van der Waals surface area contributed by atoms with Gasteiger partial charge in [-0.15, -0.1) is 0 Å². The van der Waals surface area contributed by atoms with E-state index in [-0.39, 0.29) is 17.2 Å². The maximum absolute atomic E-state index is 10.0. The van der Waals surface area contributed by atoms with E-state index < -0.39 is 0 Å². The molecule has 3 N–H and O–H groups in total. The van der Waals surface area contributed by atoms with Crippen molar-refractivity contribution in [3.8, 4) is 17.2 Å². The number of aromatic hydroxyl groups is 3. The lowest BCUT2D eigenvalue weighted by Crippen LogP contribution is -1.93. The van der Waals surface area contributed by atoms with Crippen molar-refractivity contribution in [1.29, 1.82) is 0 Å². The first kappa shape index (κ1) is 12.3. The van der Waals surface area contributed by atoms with Gasteiger partial charge in [-0.1, -0.05) is 23.8 Å². The molecule has 0 fully saturated rings. The largest absolute Gasteiger partial charge is 0.508 e.